The van der Waals surface area contributed by atoms with Gasteiger partial charge in [0.1, 0.15) is 17.7 Å². The van der Waals surface area contributed by atoms with Crippen LogP contribution in [-0.4, -0.2) is 31.9 Å². The smallest absolute Gasteiger partial charge is 0.243 e. The maximum Gasteiger partial charge on any atom is 0.243 e. The summed E-state index contributed by atoms with van der Waals surface area (Å²) in [6, 6.07) is 17.2. The van der Waals surface area contributed by atoms with Crippen molar-refractivity contribution < 1.29 is 17.5 Å². The third-order valence-electron chi connectivity index (χ3n) is 4.78. The number of ether oxygens (including phenoxy) is 1. The molecule has 2 heterocycles. The Labute approximate surface area is 168 Å². The molecule has 0 bridgehead atoms. The predicted molar refractivity (Wildman–Crippen MR) is 109 cm³/mol. The second-order valence-corrected chi connectivity index (χ2v) is 9.57. The third kappa shape index (κ3) is 4.11. The summed E-state index contributed by atoms with van der Waals surface area (Å²) in [5.74, 6) is 0.238. The van der Waals surface area contributed by atoms with Crippen LogP contribution in [0.5, 0.6) is 5.75 Å². The van der Waals surface area contributed by atoms with Crippen LogP contribution in [0.4, 0.5) is 4.39 Å². The lowest BCUT2D eigenvalue weighted by atomic mass is 10.1. The molecule has 0 unspecified atom stereocenters. The zero-order chi connectivity index (χ0) is 19.6. The first-order chi connectivity index (χ1) is 13.5. The number of piperidine rings is 1. The quantitative estimate of drug-likeness (QED) is 0.600. The Morgan fingerprint density at radius 3 is 2.50 bits per heavy atom. The van der Waals surface area contributed by atoms with Crippen molar-refractivity contribution in [1.82, 2.24) is 4.31 Å². The lowest BCUT2D eigenvalue weighted by Crippen LogP contribution is -2.41. The molecule has 0 saturated carbocycles. The highest BCUT2D eigenvalue weighted by molar-refractivity contribution is 7.89. The van der Waals surface area contributed by atoms with Gasteiger partial charge in [-0.15, -0.1) is 11.3 Å². The topological polar surface area (TPSA) is 46.6 Å². The normalized spacial score (nSPS) is 16.2. The van der Waals surface area contributed by atoms with Gasteiger partial charge >= 0.3 is 0 Å². The molecule has 1 fully saturated rings. The van der Waals surface area contributed by atoms with E-state index in [1.54, 1.807) is 11.3 Å². The van der Waals surface area contributed by atoms with Gasteiger partial charge in [-0.3, -0.25) is 0 Å². The molecule has 0 amide bonds. The van der Waals surface area contributed by atoms with E-state index in [1.807, 2.05) is 35.7 Å². The van der Waals surface area contributed by atoms with E-state index in [9.17, 15) is 12.8 Å². The van der Waals surface area contributed by atoms with Gasteiger partial charge in [-0.2, -0.15) is 4.31 Å². The maximum absolute atomic E-state index is 13.4. The molecule has 4 nitrogen and oxygen atoms in total. The molecule has 1 saturated heterocycles. The summed E-state index contributed by atoms with van der Waals surface area (Å²) >= 11 is 1.68. The molecule has 2 aromatic carbocycles. The van der Waals surface area contributed by atoms with Crippen molar-refractivity contribution in [2.45, 2.75) is 23.8 Å². The van der Waals surface area contributed by atoms with Crippen LogP contribution in [0, 0.1) is 5.82 Å². The SMILES string of the molecule is O=S(=O)(c1cccc(F)c1)N1CCC(Oc2cccc(-c3cccs3)c2)CC1. The summed E-state index contributed by atoms with van der Waals surface area (Å²) in [5.41, 5.74) is 1.11. The van der Waals surface area contributed by atoms with Crippen LogP contribution in [-0.2, 0) is 10.0 Å². The molecule has 1 aliphatic rings. The largest absolute Gasteiger partial charge is 0.490 e. The van der Waals surface area contributed by atoms with Crippen molar-refractivity contribution in [1.29, 1.82) is 0 Å². The Morgan fingerprint density at radius 2 is 1.79 bits per heavy atom. The summed E-state index contributed by atoms with van der Waals surface area (Å²) in [5, 5.41) is 2.04. The molecule has 1 aliphatic heterocycles. The fraction of sp³-hybridized carbons (Fsp3) is 0.238. The monoisotopic (exact) mass is 417 g/mol. The molecule has 0 spiro atoms. The molecular formula is C21H20FNO3S2. The Kier molecular flexibility index (Phi) is 5.48. The van der Waals surface area contributed by atoms with Gasteiger partial charge in [0, 0.05) is 18.0 Å². The van der Waals surface area contributed by atoms with Gasteiger partial charge < -0.3 is 4.74 Å². The molecule has 0 atom stereocenters. The fourth-order valence-electron chi connectivity index (χ4n) is 3.32. The molecule has 7 heteroatoms. The molecule has 4 rings (SSSR count). The third-order valence-corrected chi connectivity index (χ3v) is 7.59. The maximum atomic E-state index is 13.4. The lowest BCUT2D eigenvalue weighted by molar-refractivity contribution is 0.135. The van der Waals surface area contributed by atoms with Gasteiger partial charge in [0.2, 0.25) is 10.0 Å². The minimum absolute atomic E-state index is 0.00415. The molecule has 146 valence electrons. The van der Waals surface area contributed by atoms with E-state index >= 15 is 0 Å². The Morgan fingerprint density at radius 1 is 1.00 bits per heavy atom. The van der Waals surface area contributed by atoms with Gasteiger partial charge in [-0.25, -0.2) is 12.8 Å². The van der Waals surface area contributed by atoms with Crippen LogP contribution in [0.1, 0.15) is 12.8 Å². The van der Waals surface area contributed by atoms with Crippen molar-refractivity contribution in [2.24, 2.45) is 0 Å². The Balaban J connectivity index is 1.40. The summed E-state index contributed by atoms with van der Waals surface area (Å²) in [7, 11) is -3.68. The Bertz CT molecular complexity index is 1040. The average molecular weight is 418 g/mol. The van der Waals surface area contributed by atoms with E-state index in [0.717, 1.165) is 17.4 Å². The first kappa shape index (κ1) is 19.1. The van der Waals surface area contributed by atoms with Gasteiger partial charge in [0.25, 0.3) is 0 Å². The van der Waals surface area contributed by atoms with Crippen LogP contribution < -0.4 is 4.74 Å². The van der Waals surface area contributed by atoms with Crippen molar-refractivity contribution >= 4 is 21.4 Å². The van der Waals surface area contributed by atoms with Crippen LogP contribution in [0.25, 0.3) is 10.4 Å². The van der Waals surface area contributed by atoms with Gasteiger partial charge in [0.15, 0.2) is 0 Å². The summed E-state index contributed by atoms with van der Waals surface area (Å²) in [4.78, 5) is 1.18. The highest BCUT2D eigenvalue weighted by atomic mass is 32.2. The second-order valence-electron chi connectivity index (χ2n) is 6.68. The van der Waals surface area contributed by atoms with Crippen molar-refractivity contribution in [3.05, 3.63) is 71.9 Å². The van der Waals surface area contributed by atoms with E-state index in [2.05, 4.69) is 6.07 Å². The standard InChI is InChI=1S/C21H20FNO3S2/c22-17-5-2-7-20(15-17)28(24,25)23-11-9-18(10-12-23)26-19-6-1-4-16(14-19)21-8-3-13-27-21/h1-8,13-15,18H,9-12H2. The summed E-state index contributed by atoms with van der Waals surface area (Å²) in [6.07, 6.45) is 1.15. The molecule has 0 N–H and O–H groups in total. The van der Waals surface area contributed by atoms with E-state index < -0.39 is 15.8 Å². The van der Waals surface area contributed by atoms with E-state index in [0.29, 0.717) is 25.9 Å². The minimum Gasteiger partial charge on any atom is -0.490 e. The molecule has 1 aromatic heterocycles. The number of rotatable bonds is 5. The number of hydrogen-bond donors (Lipinski definition) is 0. The van der Waals surface area contributed by atoms with Crippen molar-refractivity contribution in [2.75, 3.05) is 13.1 Å². The average Bonchev–Trinajstić information content (AvgIpc) is 3.24. The van der Waals surface area contributed by atoms with E-state index in [-0.39, 0.29) is 11.0 Å². The van der Waals surface area contributed by atoms with E-state index in [4.69, 9.17) is 4.74 Å². The highest BCUT2D eigenvalue weighted by Crippen LogP contribution is 2.29. The molecule has 0 radical (unpaired) electrons. The minimum atomic E-state index is -3.68. The fourth-order valence-corrected chi connectivity index (χ4v) is 5.55. The number of hydrogen-bond acceptors (Lipinski definition) is 4. The van der Waals surface area contributed by atoms with Crippen molar-refractivity contribution in [3.63, 3.8) is 0 Å². The number of benzene rings is 2. The summed E-state index contributed by atoms with van der Waals surface area (Å²) < 4.78 is 46.3. The van der Waals surface area contributed by atoms with Crippen LogP contribution in [0.3, 0.4) is 0 Å². The van der Waals surface area contributed by atoms with Gasteiger partial charge in [-0.05, 0) is 60.2 Å². The molecule has 3 aromatic rings. The van der Waals surface area contributed by atoms with Gasteiger partial charge in [-0.1, -0.05) is 24.3 Å². The zero-order valence-electron chi connectivity index (χ0n) is 15.1. The van der Waals surface area contributed by atoms with Crippen LogP contribution >= 0.6 is 11.3 Å². The first-order valence-corrected chi connectivity index (χ1v) is 11.4. The zero-order valence-corrected chi connectivity index (χ0v) is 16.8. The highest BCUT2D eigenvalue weighted by Gasteiger charge is 2.30. The second kappa shape index (κ2) is 8.03. The van der Waals surface area contributed by atoms with Gasteiger partial charge in [0.05, 0.1) is 4.90 Å². The molecule has 28 heavy (non-hydrogen) atoms. The number of nitrogens with zero attached hydrogens (tertiary/aromatic N) is 1. The summed E-state index contributed by atoms with van der Waals surface area (Å²) in [6.45, 7) is 0.711. The Hall–Kier alpha value is -2.22. The predicted octanol–water partition coefficient (Wildman–Crippen LogP) is 4.79. The first-order valence-electron chi connectivity index (χ1n) is 9.09. The number of sulfonamides is 1. The van der Waals surface area contributed by atoms with Crippen LogP contribution in [0.2, 0.25) is 0 Å². The lowest BCUT2D eigenvalue weighted by Gasteiger charge is -2.31. The van der Waals surface area contributed by atoms with Crippen LogP contribution in [0.15, 0.2) is 70.9 Å². The van der Waals surface area contributed by atoms with Crippen molar-refractivity contribution in [3.8, 4) is 16.2 Å². The molecule has 0 aliphatic carbocycles. The number of thiophene rings is 1. The van der Waals surface area contributed by atoms with E-state index in [1.165, 1.54) is 27.4 Å². The number of halogens is 1. The molecular weight excluding hydrogens is 397 g/mol.